The molecule has 1 amide bonds. The quantitative estimate of drug-likeness (QED) is 0.160. The van der Waals surface area contributed by atoms with Gasteiger partial charge in [0, 0.05) is 6.42 Å². The number of nitrogens with one attached hydrogen (secondary N) is 3. The Labute approximate surface area is 161 Å². The fraction of sp³-hybridized carbons (Fsp3) is 0.800. The molecule has 2 atom stereocenters. The van der Waals surface area contributed by atoms with Crippen molar-refractivity contribution in [3.05, 3.63) is 11.5 Å². The maximum absolute atomic E-state index is 10.6. The third kappa shape index (κ3) is 12.9. The van der Waals surface area contributed by atoms with Crippen LogP contribution in [0.1, 0.15) is 57.8 Å². The van der Waals surface area contributed by atoms with Crippen LogP contribution in [0.25, 0.3) is 11.5 Å². The van der Waals surface area contributed by atoms with Crippen LogP contribution in [0.4, 0.5) is 0 Å². The van der Waals surface area contributed by atoms with E-state index >= 15 is 0 Å². The molecule has 1 rings (SSSR count). The van der Waals surface area contributed by atoms with Crippen molar-refractivity contribution >= 4 is 17.8 Å². The third-order valence-corrected chi connectivity index (χ3v) is 3.88. The summed E-state index contributed by atoms with van der Waals surface area (Å²) in [5.74, 6) is -4.58. The van der Waals surface area contributed by atoms with Crippen molar-refractivity contribution in [2.24, 2.45) is 5.92 Å². The van der Waals surface area contributed by atoms with Crippen molar-refractivity contribution in [1.82, 2.24) is 5.48 Å². The third-order valence-electron chi connectivity index (χ3n) is 3.88. The Morgan fingerprint density at radius 1 is 0.960 bits per heavy atom. The van der Waals surface area contributed by atoms with Gasteiger partial charge in [0.15, 0.2) is 5.92 Å². The Balaban J connectivity index is 0. The van der Waals surface area contributed by atoms with Crippen LogP contribution >= 0.6 is 0 Å². The molecule has 1 fully saturated rings. The minimum absolute atomic E-state index is 0. The van der Waals surface area contributed by atoms with Gasteiger partial charge in [-0.15, -0.1) is 0 Å². The van der Waals surface area contributed by atoms with E-state index in [1.807, 2.05) is 0 Å². The first-order valence-electron chi connectivity index (χ1n) is 8.10. The van der Waals surface area contributed by atoms with Crippen LogP contribution in [0.3, 0.4) is 0 Å². The van der Waals surface area contributed by atoms with E-state index in [4.69, 9.17) is 26.9 Å². The minimum atomic E-state index is -1.38. The summed E-state index contributed by atoms with van der Waals surface area (Å²) < 4.78 is 0. The smallest absolute Gasteiger partial charge is 0.676 e. The number of amides is 1. The summed E-state index contributed by atoms with van der Waals surface area (Å²) in [7, 11) is 0. The number of carbonyl (C=O) groups excluding carboxylic acids is 1. The van der Waals surface area contributed by atoms with E-state index < -0.39 is 23.8 Å². The molecule has 0 aromatic carbocycles. The van der Waals surface area contributed by atoms with Gasteiger partial charge in [-0.2, -0.15) is 12.1 Å². The predicted octanol–water partition coefficient (Wildman–Crippen LogP) is 2.63. The first-order chi connectivity index (χ1) is 11.3. The molecule has 0 unspecified atom stereocenters. The van der Waals surface area contributed by atoms with Gasteiger partial charge in [0.25, 0.3) is 0 Å². The SMILES string of the molecule is O=C(CCCCCC(C(=O)O)C(=O)O)NO.[NH-][C@@H]1CCCC[C@H]1[NH-].[Pt+2]. The molecule has 10 heteroatoms. The molecule has 0 saturated heterocycles. The Bertz CT molecular complexity index is 387. The van der Waals surface area contributed by atoms with E-state index in [1.54, 1.807) is 0 Å². The Kier molecular flexibility index (Phi) is 16.0. The average molecular weight is 540 g/mol. The van der Waals surface area contributed by atoms with Crippen LogP contribution in [-0.2, 0) is 35.4 Å². The summed E-state index contributed by atoms with van der Waals surface area (Å²) in [6.07, 6.45) is 5.88. The summed E-state index contributed by atoms with van der Waals surface area (Å²) in [5.41, 5.74) is 16.1. The molecular weight excluding hydrogens is 513 g/mol. The normalized spacial score (nSPS) is 19.2. The molecule has 0 bridgehead atoms. The van der Waals surface area contributed by atoms with E-state index in [-0.39, 0.29) is 46.0 Å². The molecular formula is C15H27N3O6Pt. The molecule has 1 saturated carbocycles. The second-order valence-corrected chi connectivity index (χ2v) is 5.86. The van der Waals surface area contributed by atoms with Crippen molar-refractivity contribution in [2.45, 2.75) is 69.9 Å². The fourth-order valence-electron chi connectivity index (χ4n) is 2.35. The molecule has 1 aliphatic rings. The molecule has 9 nitrogen and oxygen atoms in total. The molecule has 0 aromatic rings. The zero-order chi connectivity index (χ0) is 18.5. The summed E-state index contributed by atoms with van der Waals surface area (Å²) in [6, 6.07) is -0.160. The number of carboxylic acids is 2. The van der Waals surface area contributed by atoms with Gasteiger partial charge in [-0.1, -0.05) is 38.5 Å². The minimum Gasteiger partial charge on any atom is -0.676 e. The molecule has 6 N–H and O–H groups in total. The van der Waals surface area contributed by atoms with Gasteiger partial charge in [0.2, 0.25) is 5.91 Å². The van der Waals surface area contributed by atoms with Gasteiger partial charge in [-0.25, -0.2) is 5.48 Å². The number of rotatable bonds is 8. The number of hydrogen-bond donors (Lipinski definition) is 4. The molecule has 0 aliphatic heterocycles. The van der Waals surface area contributed by atoms with Crippen LogP contribution in [-0.4, -0.2) is 45.3 Å². The van der Waals surface area contributed by atoms with Gasteiger partial charge in [-0.3, -0.25) is 19.6 Å². The summed E-state index contributed by atoms with van der Waals surface area (Å²) in [6.45, 7) is 0. The van der Waals surface area contributed by atoms with Gasteiger partial charge in [0.1, 0.15) is 0 Å². The van der Waals surface area contributed by atoms with Crippen LogP contribution in [0.2, 0.25) is 0 Å². The molecule has 1 aliphatic carbocycles. The van der Waals surface area contributed by atoms with E-state index in [1.165, 1.54) is 18.3 Å². The van der Waals surface area contributed by atoms with Crippen LogP contribution in [0.15, 0.2) is 0 Å². The molecule has 25 heavy (non-hydrogen) atoms. The van der Waals surface area contributed by atoms with E-state index in [0.717, 1.165) is 12.8 Å². The van der Waals surface area contributed by atoms with E-state index in [2.05, 4.69) is 0 Å². The second-order valence-electron chi connectivity index (χ2n) is 5.86. The summed E-state index contributed by atoms with van der Waals surface area (Å²) in [4.78, 5) is 31.5. The molecule has 0 spiro atoms. The Hall–Kier alpha value is -1.02. The van der Waals surface area contributed by atoms with Crippen molar-refractivity contribution in [2.75, 3.05) is 0 Å². The molecule has 148 valence electrons. The van der Waals surface area contributed by atoms with Crippen LogP contribution in [0, 0.1) is 5.92 Å². The Morgan fingerprint density at radius 3 is 1.80 bits per heavy atom. The van der Waals surface area contributed by atoms with Gasteiger partial charge >= 0.3 is 33.0 Å². The summed E-state index contributed by atoms with van der Waals surface area (Å²) >= 11 is 0. The van der Waals surface area contributed by atoms with Crippen LogP contribution < -0.4 is 5.48 Å². The average Bonchev–Trinajstić information content (AvgIpc) is 2.53. The topological polar surface area (TPSA) is 172 Å². The van der Waals surface area contributed by atoms with Crippen molar-refractivity contribution in [3.63, 3.8) is 0 Å². The predicted molar refractivity (Wildman–Crippen MR) is 86.5 cm³/mol. The number of aliphatic carboxylic acids is 2. The number of carboxylic acid groups (broad SMARTS) is 2. The number of unbranched alkanes of at least 4 members (excludes halogenated alkanes) is 2. The van der Waals surface area contributed by atoms with Crippen molar-refractivity contribution in [1.29, 1.82) is 0 Å². The number of hydroxylamine groups is 1. The molecule has 0 aromatic heterocycles. The Morgan fingerprint density at radius 2 is 1.44 bits per heavy atom. The van der Waals surface area contributed by atoms with Crippen LogP contribution in [0.5, 0.6) is 0 Å². The largest absolute Gasteiger partial charge is 2.00 e. The van der Waals surface area contributed by atoms with Gasteiger partial charge < -0.3 is 21.7 Å². The summed E-state index contributed by atoms with van der Waals surface area (Å²) in [5, 5.41) is 25.3. The van der Waals surface area contributed by atoms with Gasteiger partial charge in [0.05, 0.1) is 0 Å². The second kappa shape index (κ2) is 15.3. The zero-order valence-corrected chi connectivity index (χ0v) is 16.3. The van der Waals surface area contributed by atoms with E-state index in [0.29, 0.717) is 19.3 Å². The van der Waals surface area contributed by atoms with Crippen molar-refractivity contribution in [3.8, 4) is 0 Å². The monoisotopic (exact) mass is 540 g/mol. The fourth-order valence-corrected chi connectivity index (χ4v) is 2.35. The molecule has 0 radical (unpaired) electrons. The molecule has 0 heterocycles. The van der Waals surface area contributed by atoms with Crippen molar-refractivity contribution < 1.29 is 50.9 Å². The number of carbonyl (C=O) groups is 3. The van der Waals surface area contributed by atoms with E-state index in [9.17, 15) is 14.4 Å². The zero-order valence-electron chi connectivity index (χ0n) is 14.0. The first kappa shape index (κ1) is 26.2. The maximum atomic E-state index is 10.6. The first-order valence-corrected chi connectivity index (χ1v) is 8.10. The standard InChI is InChI=1S/C9H15NO6.C6H12N2.Pt/c11-7(10-16)5-3-1-2-4-6(8(12)13)9(14)15;7-5-3-1-2-4-6(5)8;/h6,16H,1-5H2,(H,10,11)(H,12,13)(H,14,15);5-8H,1-4H2;/q;-2;+2/t;5-,6-;/m.1./s1. The van der Waals surface area contributed by atoms with Gasteiger partial charge in [-0.05, 0) is 12.8 Å². The maximum Gasteiger partial charge on any atom is 2.00 e. The number of hydrogen-bond acceptors (Lipinski definition) is 4.